The van der Waals surface area contributed by atoms with Gasteiger partial charge in [0.15, 0.2) is 5.82 Å². The standard InChI is InChI=1S/C20H20ClFN4O3/c1-4-18(27)26-5-6-29-19(11(26)2)12-7-16(25-17(21)8-12)15-9-13(20(28)23-3)14(22)10-24-15/h4,7-11,19H,1,5-6H2,2-3H3,(H,23,28)/t11-,19+/m0/s1. The van der Waals surface area contributed by atoms with Gasteiger partial charge in [-0.2, -0.15) is 0 Å². The maximum atomic E-state index is 13.9. The number of nitrogens with zero attached hydrogens (tertiary/aromatic N) is 3. The Labute approximate surface area is 172 Å². The topological polar surface area (TPSA) is 84.4 Å². The van der Waals surface area contributed by atoms with Gasteiger partial charge in [-0.15, -0.1) is 0 Å². The van der Waals surface area contributed by atoms with E-state index in [2.05, 4.69) is 21.9 Å². The van der Waals surface area contributed by atoms with Crippen LogP contribution in [0.25, 0.3) is 11.4 Å². The Kier molecular flexibility index (Phi) is 6.24. The van der Waals surface area contributed by atoms with Gasteiger partial charge in [-0.05, 0) is 36.8 Å². The van der Waals surface area contributed by atoms with E-state index in [0.29, 0.717) is 24.4 Å². The molecule has 2 aromatic rings. The number of carbonyl (C=O) groups is 2. The van der Waals surface area contributed by atoms with Gasteiger partial charge in [0.05, 0.1) is 35.8 Å². The van der Waals surface area contributed by atoms with E-state index < -0.39 is 17.8 Å². The van der Waals surface area contributed by atoms with Crippen molar-refractivity contribution < 1.29 is 18.7 Å². The fraction of sp³-hybridized carbons (Fsp3) is 0.300. The Morgan fingerprint density at radius 2 is 2.14 bits per heavy atom. The number of nitrogens with one attached hydrogen (secondary N) is 1. The highest BCUT2D eigenvalue weighted by molar-refractivity contribution is 6.29. The monoisotopic (exact) mass is 418 g/mol. The summed E-state index contributed by atoms with van der Waals surface area (Å²) in [6.07, 6.45) is 1.80. The van der Waals surface area contributed by atoms with E-state index in [9.17, 15) is 14.0 Å². The van der Waals surface area contributed by atoms with Gasteiger partial charge in [0, 0.05) is 13.6 Å². The summed E-state index contributed by atoms with van der Waals surface area (Å²) in [7, 11) is 1.41. The van der Waals surface area contributed by atoms with Gasteiger partial charge in [-0.3, -0.25) is 14.6 Å². The number of carbonyl (C=O) groups excluding carboxylic acids is 2. The van der Waals surface area contributed by atoms with Crippen LogP contribution in [-0.4, -0.2) is 52.9 Å². The zero-order valence-electron chi connectivity index (χ0n) is 16.0. The molecule has 0 unspecified atom stereocenters. The molecule has 1 fully saturated rings. The first-order valence-corrected chi connectivity index (χ1v) is 9.33. The lowest BCUT2D eigenvalue weighted by atomic mass is 9.99. The SMILES string of the molecule is C=CC(=O)N1CCO[C@@H](c2cc(Cl)nc(-c3cc(C(=O)NC)c(F)cn3)c2)[C@@H]1C. The minimum Gasteiger partial charge on any atom is -0.370 e. The molecule has 7 nitrogen and oxygen atoms in total. The molecule has 29 heavy (non-hydrogen) atoms. The van der Waals surface area contributed by atoms with Gasteiger partial charge in [0.2, 0.25) is 5.91 Å². The molecule has 1 saturated heterocycles. The molecule has 0 radical (unpaired) electrons. The summed E-state index contributed by atoms with van der Waals surface area (Å²) < 4.78 is 19.8. The second-order valence-electron chi connectivity index (χ2n) is 6.50. The van der Waals surface area contributed by atoms with E-state index in [1.807, 2.05) is 6.92 Å². The molecule has 1 aliphatic heterocycles. The first-order chi connectivity index (χ1) is 13.8. The highest BCUT2D eigenvalue weighted by atomic mass is 35.5. The van der Waals surface area contributed by atoms with Crippen molar-refractivity contribution in [3.8, 4) is 11.4 Å². The summed E-state index contributed by atoms with van der Waals surface area (Å²) in [4.78, 5) is 33.9. The fourth-order valence-corrected chi connectivity index (χ4v) is 3.50. The number of amides is 2. The van der Waals surface area contributed by atoms with E-state index in [1.165, 1.54) is 19.2 Å². The summed E-state index contributed by atoms with van der Waals surface area (Å²) in [5.74, 6) is -1.49. The van der Waals surface area contributed by atoms with Crippen molar-refractivity contribution in [2.75, 3.05) is 20.2 Å². The third-order valence-electron chi connectivity index (χ3n) is 4.75. The van der Waals surface area contributed by atoms with Crippen LogP contribution in [0.5, 0.6) is 0 Å². The average molecular weight is 419 g/mol. The summed E-state index contributed by atoms with van der Waals surface area (Å²) in [6, 6.07) is 4.42. The number of ether oxygens (including phenoxy) is 1. The average Bonchev–Trinajstić information content (AvgIpc) is 2.72. The molecule has 0 aromatic carbocycles. The number of hydrogen-bond donors (Lipinski definition) is 1. The molecule has 0 saturated carbocycles. The lowest BCUT2D eigenvalue weighted by Gasteiger charge is -2.39. The molecule has 1 N–H and O–H groups in total. The lowest BCUT2D eigenvalue weighted by Crippen LogP contribution is -2.48. The summed E-state index contributed by atoms with van der Waals surface area (Å²) in [5.41, 5.74) is 1.20. The second kappa shape index (κ2) is 8.67. The van der Waals surface area contributed by atoms with Crippen molar-refractivity contribution in [2.24, 2.45) is 0 Å². The molecule has 0 spiro atoms. The van der Waals surface area contributed by atoms with Crippen LogP contribution in [0.1, 0.15) is 28.9 Å². The number of pyridine rings is 2. The Morgan fingerprint density at radius 3 is 2.83 bits per heavy atom. The van der Waals surface area contributed by atoms with Crippen LogP contribution in [0.3, 0.4) is 0 Å². The molecule has 152 valence electrons. The highest BCUT2D eigenvalue weighted by Gasteiger charge is 2.32. The second-order valence-corrected chi connectivity index (χ2v) is 6.89. The molecule has 9 heteroatoms. The lowest BCUT2D eigenvalue weighted by molar-refractivity contribution is -0.140. The first-order valence-electron chi connectivity index (χ1n) is 8.95. The quantitative estimate of drug-likeness (QED) is 0.609. The van der Waals surface area contributed by atoms with E-state index in [1.54, 1.807) is 17.0 Å². The van der Waals surface area contributed by atoms with Crippen LogP contribution in [0.15, 0.2) is 37.1 Å². The Bertz CT molecular complexity index is 969. The smallest absolute Gasteiger partial charge is 0.254 e. The van der Waals surface area contributed by atoms with Gasteiger partial charge >= 0.3 is 0 Å². The molecule has 2 aromatic heterocycles. The minimum atomic E-state index is -0.738. The van der Waals surface area contributed by atoms with Crippen LogP contribution >= 0.6 is 11.6 Å². The first kappa shape index (κ1) is 20.9. The number of halogens is 2. The Balaban J connectivity index is 2.00. The number of morpholine rings is 1. The normalized spacial score (nSPS) is 19.0. The maximum Gasteiger partial charge on any atom is 0.254 e. The largest absolute Gasteiger partial charge is 0.370 e. The van der Waals surface area contributed by atoms with E-state index in [-0.39, 0.29) is 28.4 Å². The number of rotatable bonds is 4. The van der Waals surface area contributed by atoms with E-state index in [0.717, 1.165) is 6.20 Å². The molecule has 1 aliphatic rings. The molecule has 3 rings (SSSR count). The van der Waals surface area contributed by atoms with Crippen molar-refractivity contribution in [3.05, 3.63) is 59.1 Å². The molecule has 0 bridgehead atoms. The molecule has 3 heterocycles. The van der Waals surface area contributed by atoms with Crippen LogP contribution in [0.4, 0.5) is 4.39 Å². The van der Waals surface area contributed by atoms with Crippen molar-refractivity contribution in [1.29, 1.82) is 0 Å². The number of hydrogen-bond acceptors (Lipinski definition) is 5. The minimum absolute atomic E-state index is 0.147. The zero-order chi connectivity index (χ0) is 21.1. The van der Waals surface area contributed by atoms with E-state index in [4.69, 9.17) is 16.3 Å². The number of aromatic nitrogens is 2. The summed E-state index contributed by atoms with van der Waals surface area (Å²) in [6.45, 7) is 6.23. The van der Waals surface area contributed by atoms with Crippen LogP contribution in [-0.2, 0) is 9.53 Å². The van der Waals surface area contributed by atoms with Gasteiger partial charge < -0.3 is 15.0 Å². The summed E-state index contributed by atoms with van der Waals surface area (Å²) in [5, 5.41) is 2.57. The van der Waals surface area contributed by atoms with Gasteiger partial charge in [0.25, 0.3) is 5.91 Å². The molecule has 2 amide bonds. The van der Waals surface area contributed by atoms with Crippen LogP contribution in [0, 0.1) is 5.82 Å². The van der Waals surface area contributed by atoms with Gasteiger partial charge in [-0.25, -0.2) is 9.37 Å². The zero-order valence-corrected chi connectivity index (χ0v) is 16.7. The van der Waals surface area contributed by atoms with Crippen molar-refractivity contribution in [2.45, 2.75) is 19.1 Å². The molecular formula is C20H20ClFN4O3. The summed E-state index contributed by atoms with van der Waals surface area (Å²) >= 11 is 6.21. The van der Waals surface area contributed by atoms with Gasteiger partial charge in [-0.1, -0.05) is 18.2 Å². The van der Waals surface area contributed by atoms with Crippen LogP contribution in [0.2, 0.25) is 5.15 Å². The Morgan fingerprint density at radius 1 is 1.38 bits per heavy atom. The Hall–Kier alpha value is -2.84. The third kappa shape index (κ3) is 4.28. The molecular weight excluding hydrogens is 399 g/mol. The van der Waals surface area contributed by atoms with E-state index >= 15 is 0 Å². The highest BCUT2D eigenvalue weighted by Crippen LogP contribution is 2.32. The molecule has 2 atom stereocenters. The third-order valence-corrected chi connectivity index (χ3v) is 4.95. The van der Waals surface area contributed by atoms with Crippen molar-refractivity contribution >= 4 is 23.4 Å². The molecule has 0 aliphatic carbocycles. The van der Waals surface area contributed by atoms with Gasteiger partial charge in [0.1, 0.15) is 11.3 Å². The maximum absolute atomic E-state index is 13.9. The van der Waals surface area contributed by atoms with Crippen molar-refractivity contribution in [1.82, 2.24) is 20.2 Å². The van der Waals surface area contributed by atoms with Crippen molar-refractivity contribution in [3.63, 3.8) is 0 Å². The predicted molar refractivity (Wildman–Crippen MR) is 106 cm³/mol. The predicted octanol–water partition coefficient (Wildman–Crippen LogP) is 2.77. The van der Waals surface area contributed by atoms with Crippen LogP contribution < -0.4 is 5.32 Å². The fourth-order valence-electron chi connectivity index (χ4n) is 3.29.